The number of nitrogens with one attached hydrogen (secondary N) is 2. The predicted molar refractivity (Wildman–Crippen MR) is 194 cm³/mol. The number of nitrogens with two attached hydrogens (primary N) is 1. The second-order valence-corrected chi connectivity index (χ2v) is 15.8. The zero-order chi connectivity index (χ0) is 37.0. The molecular formula is C39H51F2N3O6S. The maximum absolute atomic E-state index is 14.1. The Balaban J connectivity index is 1.59. The van der Waals surface area contributed by atoms with Crippen molar-refractivity contribution in [3.8, 4) is 0 Å². The smallest absolute Gasteiger partial charge is 0.408 e. The van der Waals surface area contributed by atoms with Gasteiger partial charge in [-0.25, -0.2) is 26.8 Å². The minimum atomic E-state index is -3.89. The van der Waals surface area contributed by atoms with Gasteiger partial charge in [0.05, 0.1) is 11.0 Å². The number of hydrogen-bond donors (Lipinski definition) is 3. The van der Waals surface area contributed by atoms with Gasteiger partial charge in [0, 0.05) is 24.2 Å². The number of halogens is 2. The van der Waals surface area contributed by atoms with Gasteiger partial charge < -0.3 is 25.8 Å². The molecule has 1 saturated carbocycles. The minimum absolute atomic E-state index is 0.0444. The van der Waals surface area contributed by atoms with Crippen LogP contribution < -0.4 is 16.4 Å². The van der Waals surface area contributed by atoms with E-state index in [2.05, 4.69) is 29.7 Å². The highest BCUT2D eigenvalue weighted by atomic mass is 32.2. The summed E-state index contributed by atoms with van der Waals surface area (Å²) in [5.74, 6) is -3.25. The Hall–Kier alpha value is -3.87. The highest BCUT2D eigenvalue weighted by Gasteiger charge is 2.45. The topological polar surface area (TPSA) is 137 Å². The van der Waals surface area contributed by atoms with E-state index >= 15 is 0 Å². The summed E-state index contributed by atoms with van der Waals surface area (Å²) in [6.07, 6.45) is 2.48. The summed E-state index contributed by atoms with van der Waals surface area (Å²) in [6.45, 7) is 5.81. The number of carbonyl (C=O) groups excluding carboxylic acids is 2. The SMILES string of the molecule is CCCC(CCC)S(=O)(=O)C[C@@H](NC(=O)OCc1ccccc1)C(=O)O[C@H](CNC1(c2cccc(CC)c2)CC1)[C@@H](N)Cc1cc(F)cc(F)c1. The zero-order valence-electron chi connectivity index (χ0n) is 29.7. The number of alkyl carbamates (subject to hydrolysis) is 1. The maximum atomic E-state index is 14.1. The first-order valence-corrected chi connectivity index (χ1v) is 19.5. The van der Waals surface area contributed by atoms with Crippen molar-refractivity contribution in [2.24, 2.45) is 5.73 Å². The van der Waals surface area contributed by atoms with Gasteiger partial charge in [-0.2, -0.15) is 0 Å². The monoisotopic (exact) mass is 727 g/mol. The van der Waals surface area contributed by atoms with E-state index in [1.54, 1.807) is 24.3 Å². The molecule has 51 heavy (non-hydrogen) atoms. The molecule has 0 radical (unpaired) electrons. The Morgan fingerprint density at radius 2 is 1.53 bits per heavy atom. The first kappa shape index (κ1) is 39.9. The lowest BCUT2D eigenvalue weighted by atomic mass is 9.98. The molecule has 3 aromatic carbocycles. The number of sulfone groups is 1. The van der Waals surface area contributed by atoms with Crippen molar-refractivity contribution in [1.29, 1.82) is 0 Å². The van der Waals surface area contributed by atoms with Crippen LogP contribution in [0.1, 0.15) is 81.5 Å². The van der Waals surface area contributed by atoms with E-state index in [9.17, 15) is 26.8 Å². The molecule has 1 aliphatic carbocycles. The van der Waals surface area contributed by atoms with Gasteiger partial charge in [-0.05, 0) is 72.9 Å². The van der Waals surface area contributed by atoms with Crippen molar-refractivity contribution in [3.05, 3.63) is 107 Å². The van der Waals surface area contributed by atoms with Gasteiger partial charge in [0.1, 0.15) is 30.4 Å². The van der Waals surface area contributed by atoms with Gasteiger partial charge in [0.2, 0.25) is 0 Å². The van der Waals surface area contributed by atoms with Crippen molar-refractivity contribution in [2.75, 3.05) is 12.3 Å². The van der Waals surface area contributed by atoms with Crippen molar-refractivity contribution in [2.45, 2.75) is 108 Å². The van der Waals surface area contributed by atoms with E-state index in [0.717, 1.165) is 43.0 Å². The molecule has 0 heterocycles. The number of carbonyl (C=O) groups is 2. The van der Waals surface area contributed by atoms with Gasteiger partial charge in [-0.3, -0.25) is 0 Å². The van der Waals surface area contributed by atoms with Crippen molar-refractivity contribution in [3.63, 3.8) is 0 Å². The zero-order valence-corrected chi connectivity index (χ0v) is 30.5. The summed E-state index contributed by atoms with van der Waals surface area (Å²) in [7, 11) is -3.89. The minimum Gasteiger partial charge on any atom is -0.458 e. The van der Waals surface area contributed by atoms with Crippen LogP contribution in [0.4, 0.5) is 13.6 Å². The van der Waals surface area contributed by atoms with Crippen LogP contribution in [0.5, 0.6) is 0 Å². The van der Waals surface area contributed by atoms with Crippen LogP contribution in [0.3, 0.4) is 0 Å². The third-order valence-electron chi connectivity index (χ3n) is 9.34. The fourth-order valence-corrected chi connectivity index (χ4v) is 8.46. The second-order valence-electron chi connectivity index (χ2n) is 13.4. The largest absolute Gasteiger partial charge is 0.458 e. The first-order chi connectivity index (χ1) is 24.4. The Kier molecular flexibility index (Phi) is 14.5. The van der Waals surface area contributed by atoms with Crippen LogP contribution in [0.2, 0.25) is 0 Å². The Labute approximate surface area is 300 Å². The third-order valence-corrected chi connectivity index (χ3v) is 11.6. The number of hydrogen-bond acceptors (Lipinski definition) is 8. The lowest BCUT2D eigenvalue weighted by molar-refractivity contribution is -0.152. The number of rotatable bonds is 20. The molecule has 1 amide bonds. The lowest BCUT2D eigenvalue weighted by Gasteiger charge is -2.29. The number of amides is 1. The van der Waals surface area contributed by atoms with Crippen LogP contribution in [0.15, 0.2) is 72.8 Å². The van der Waals surface area contributed by atoms with E-state index in [0.29, 0.717) is 31.2 Å². The molecule has 0 spiro atoms. The summed E-state index contributed by atoms with van der Waals surface area (Å²) in [5, 5.41) is 5.25. The molecule has 0 bridgehead atoms. The number of benzene rings is 3. The van der Waals surface area contributed by atoms with E-state index in [4.69, 9.17) is 15.2 Å². The fraction of sp³-hybridized carbons (Fsp3) is 0.487. The van der Waals surface area contributed by atoms with E-state index < -0.39 is 62.7 Å². The van der Waals surface area contributed by atoms with Gasteiger partial charge >= 0.3 is 12.1 Å². The molecule has 0 aromatic heterocycles. The Bertz CT molecular complexity index is 1680. The summed E-state index contributed by atoms with van der Waals surface area (Å²) in [5.41, 5.74) is 9.45. The second kappa shape index (κ2) is 18.6. The normalized spacial score (nSPS) is 15.5. The average Bonchev–Trinajstić information content (AvgIpc) is 3.89. The van der Waals surface area contributed by atoms with Crippen LogP contribution in [-0.4, -0.2) is 56.2 Å². The molecule has 3 atom stereocenters. The van der Waals surface area contributed by atoms with Gasteiger partial charge in [-0.1, -0.05) is 88.2 Å². The van der Waals surface area contributed by atoms with Crippen LogP contribution in [-0.2, 0) is 49.1 Å². The number of ether oxygens (including phenoxy) is 2. The summed E-state index contributed by atoms with van der Waals surface area (Å²) >= 11 is 0. The summed E-state index contributed by atoms with van der Waals surface area (Å²) < 4.78 is 66.9. The van der Waals surface area contributed by atoms with Crippen LogP contribution >= 0.6 is 0 Å². The molecule has 1 fully saturated rings. The van der Waals surface area contributed by atoms with Crippen molar-refractivity contribution < 1.29 is 36.3 Å². The molecule has 9 nitrogen and oxygen atoms in total. The van der Waals surface area contributed by atoms with E-state index in [-0.39, 0.29) is 30.7 Å². The highest BCUT2D eigenvalue weighted by molar-refractivity contribution is 7.92. The first-order valence-electron chi connectivity index (χ1n) is 17.8. The molecule has 1 aliphatic rings. The maximum Gasteiger partial charge on any atom is 0.408 e. The Morgan fingerprint density at radius 1 is 0.882 bits per heavy atom. The van der Waals surface area contributed by atoms with Crippen LogP contribution in [0.25, 0.3) is 0 Å². The van der Waals surface area contributed by atoms with E-state index in [1.165, 1.54) is 5.56 Å². The lowest BCUT2D eigenvalue weighted by Crippen LogP contribution is -2.53. The van der Waals surface area contributed by atoms with Crippen molar-refractivity contribution >= 4 is 21.9 Å². The van der Waals surface area contributed by atoms with Gasteiger partial charge in [0.25, 0.3) is 0 Å². The summed E-state index contributed by atoms with van der Waals surface area (Å²) in [6, 6.07) is 17.6. The van der Waals surface area contributed by atoms with Crippen molar-refractivity contribution in [1.82, 2.24) is 10.6 Å². The molecule has 0 unspecified atom stereocenters. The third kappa shape index (κ3) is 11.8. The van der Waals surface area contributed by atoms with Gasteiger partial charge in [0.15, 0.2) is 9.84 Å². The number of aryl methyl sites for hydroxylation is 1. The fourth-order valence-electron chi connectivity index (χ4n) is 6.31. The standard InChI is InChI=1S/C39H51F2N3O6S/c1-4-11-33(12-5-2)51(47,48)26-35(44-38(46)49-25-28-13-8-7-9-14-28)37(45)50-36(34(42)22-29-20-31(40)23-32(41)21-29)24-43-39(17-18-39)30-16-10-15-27(6-3)19-30/h7-10,13-16,19-21,23,33-36,43H,4-6,11-12,17-18,22,24-26,42H2,1-3H3,(H,44,46)/t34-,35+,36+/m0/s1. The molecule has 4 N–H and O–H groups in total. The Morgan fingerprint density at radius 3 is 2.14 bits per heavy atom. The number of esters is 1. The molecule has 278 valence electrons. The molecular weight excluding hydrogens is 677 g/mol. The molecule has 12 heteroatoms. The predicted octanol–water partition coefficient (Wildman–Crippen LogP) is 6.27. The molecule has 0 aliphatic heterocycles. The molecule has 4 rings (SSSR count). The highest BCUT2D eigenvalue weighted by Crippen LogP contribution is 2.45. The average molecular weight is 728 g/mol. The molecule has 0 saturated heterocycles. The summed E-state index contributed by atoms with van der Waals surface area (Å²) in [4.78, 5) is 27.0. The molecule has 3 aromatic rings. The van der Waals surface area contributed by atoms with E-state index in [1.807, 2.05) is 32.0 Å². The quantitative estimate of drug-likeness (QED) is 0.116. The van der Waals surface area contributed by atoms with Crippen LogP contribution in [0, 0.1) is 11.6 Å². The van der Waals surface area contributed by atoms with Gasteiger partial charge in [-0.15, -0.1) is 0 Å².